The van der Waals surface area contributed by atoms with E-state index in [9.17, 15) is 13.6 Å². The molecule has 17 heavy (non-hydrogen) atoms. The van der Waals surface area contributed by atoms with Crippen molar-refractivity contribution in [2.45, 2.75) is 19.3 Å². The molecule has 3 nitrogen and oxygen atoms in total. The fourth-order valence-corrected chi connectivity index (χ4v) is 1.39. The second kappa shape index (κ2) is 6.96. The summed E-state index contributed by atoms with van der Waals surface area (Å²) in [6, 6.07) is 3.73. The number of halogens is 2. The Balaban J connectivity index is 2.30. The predicted octanol–water partition coefficient (Wildman–Crippen LogP) is 1.36. The van der Waals surface area contributed by atoms with Crippen molar-refractivity contribution in [3.63, 3.8) is 0 Å². The molecule has 0 spiro atoms. The molecular weight excluding hydrogens is 226 g/mol. The summed E-state index contributed by atoms with van der Waals surface area (Å²) in [5.74, 6) is -1.80. The van der Waals surface area contributed by atoms with Crippen LogP contribution in [0.3, 0.4) is 0 Å². The normalized spacial score (nSPS) is 10.3. The Morgan fingerprint density at radius 1 is 1.29 bits per heavy atom. The van der Waals surface area contributed by atoms with Gasteiger partial charge in [-0.3, -0.25) is 4.79 Å². The van der Waals surface area contributed by atoms with Gasteiger partial charge in [-0.15, -0.1) is 0 Å². The number of hydrogen-bond donors (Lipinski definition) is 2. The molecule has 0 aliphatic carbocycles. The summed E-state index contributed by atoms with van der Waals surface area (Å²) >= 11 is 0. The van der Waals surface area contributed by atoms with Crippen molar-refractivity contribution in [2.75, 3.05) is 13.1 Å². The van der Waals surface area contributed by atoms with Crippen molar-refractivity contribution in [2.24, 2.45) is 5.73 Å². The molecule has 0 radical (unpaired) electrons. The number of hydrogen-bond acceptors (Lipinski definition) is 2. The zero-order valence-corrected chi connectivity index (χ0v) is 9.51. The molecule has 0 fully saturated rings. The van der Waals surface area contributed by atoms with Crippen LogP contribution in [-0.4, -0.2) is 19.0 Å². The Morgan fingerprint density at radius 3 is 2.71 bits per heavy atom. The van der Waals surface area contributed by atoms with Crippen molar-refractivity contribution in [3.8, 4) is 0 Å². The lowest BCUT2D eigenvalue weighted by Crippen LogP contribution is -2.26. The lowest BCUT2D eigenvalue weighted by atomic mass is 10.1. The molecule has 0 aromatic heterocycles. The molecule has 0 aliphatic heterocycles. The van der Waals surface area contributed by atoms with Gasteiger partial charge in [0, 0.05) is 13.0 Å². The summed E-state index contributed by atoms with van der Waals surface area (Å²) in [7, 11) is 0. The highest BCUT2D eigenvalue weighted by Gasteiger charge is 2.03. The van der Waals surface area contributed by atoms with Gasteiger partial charge in [-0.2, -0.15) is 0 Å². The summed E-state index contributed by atoms with van der Waals surface area (Å²) in [5, 5.41) is 2.69. The van der Waals surface area contributed by atoms with E-state index in [1.54, 1.807) is 0 Å². The smallest absolute Gasteiger partial charge is 0.220 e. The molecule has 0 heterocycles. The third-order valence-corrected chi connectivity index (χ3v) is 2.33. The van der Waals surface area contributed by atoms with Gasteiger partial charge < -0.3 is 11.1 Å². The second-order valence-electron chi connectivity index (χ2n) is 3.74. The van der Waals surface area contributed by atoms with Crippen LogP contribution < -0.4 is 11.1 Å². The largest absolute Gasteiger partial charge is 0.356 e. The van der Waals surface area contributed by atoms with Gasteiger partial charge in [0.2, 0.25) is 5.91 Å². The Morgan fingerprint density at radius 2 is 2.06 bits per heavy atom. The first-order chi connectivity index (χ1) is 8.13. The first-order valence-electron chi connectivity index (χ1n) is 5.54. The molecule has 1 aromatic carbocycles. The average Bonchev–Trinajstić information content (AvgIpc) is 2.31. The standard InChI is InChI=1S/C12H16F2N2O/c13-10-4-3-9(8-11(10)14)5-7-16-12(17)2-1-6-15/h3-4,8H,1-2,5-7,15H2,(H,16,17). The summed E-state index contributed by atoms with van der Waals surface area (Å²) in [6.07, 6.45) is 1.52. The van der Waals surface area contributed by atoms with Gasteiger partial charge >= 0.3 is 0 Å². The van der Waals surface area contributed by atoms with Crippen LogP contribution in [0.2, 0.25) is 0 Å². The summed E-state index contributed by atoms with van der Waals surface area (Å²) in [6.45, 7) is 0.894. The van der Waals surface area contributed by atoms with Crippen LogP contribution in [0.15, 0.2) is 18.2 Å². The molecule has 0 saturated carbocycles. The molecular formula is C12H16F2N2O. The van der Waals surface area contributed by atoms with E-state index in [-0.39, 0.29) is 5.91 Å². The third-order valence-electron chi connectivity index (χ3n) is 2.33. The number of nitrogens with one attached hydrogen (secondary N) is 1. The quantitative estimate of drug-likeness (QED) is 0.791. The van der Waals surface area contributed by atoms with Crippen LogP contribution in [0.5, 0.6) is 0 Å². The molecule has 5 heteroatoms. The molecule has 1 aromatic rings. The van der Waals surface area contributed by atoms with E-state index >= 15 is 0 Å². The van der Waals surface area contributed by atoms with Crippen LogP contribution in [-0.2, 0) is 11.2 Å². The number of benzene rings is 1. The van der Waals surface area contributed by atoms with Crippen molar-refractivity contribution in [1.29, 1.82) is 0 Å². The van der Waals surface area contributed by atoms with E-state index < -0.39 is 11.6 Å². The maximum absolute atomic E-state index is 12.9. The fourth-order valence-electron chi connectivity index (χ4n) is 1.39. The van der Waals surface area contributed by atoms with E-state index in [1.165, 1.54) is 6.07 Å². The minimum atomic E-state index is -0.864. The molecule has 3 N–H and O–H groups in total. The van der Waals surface area contributed by atoms with Crippen LogP contribution in [0.25, 0.3) is 0 Å². The summed E-state index contributed by atoms with van der Waals surface area (Å²) in [5.41, 5.74) is 5.93. The van der Waals surface area contributed by atoms with Gasteiger partial charge in [-0.1, -0.05) is 6.07 Å². The maximum atomic E-state index is 12.9. The van der Waals surface area contributed by atoms with Crippen molar-refractivity contribution < 1.29 is 13.6 Å². The van der Waals surface area contributed by atoms with Gasteiger partial charge in [-0.05, 0) is 37.1 Å². The van der Waals surface area contributed by atoms with Crippen LogP contribution in [0.4, 0.5) is 8.78 Å². The number of amides is 1. The highest BCUT2D eigenvalue weighted by atomic mass is 19.2. The molecule has 0 bridgehead atoms. The van der Waals surface area contributed by atoms with Crippen LogP contribution >= 0.6 is 0 Å². The highest BCUT2D eigenvalue weighted by Crippen LogP contribution is 2.08. The first-order valence-corrected chi connectivity index (χ1v) is 5.54. The summed E-state index contributed by atoms with van der Waals surface area (Å²) in [4.78, 5) is 11.2. The molecule has 0 saturated heterocycles. The topological polar surface area (TPSA) is 55.1 Å². The first kappa shape index (κ1) is 13.6. The second-order valence-corrected chi connectivity index (χ2v) is 3.74. The van der Waals surface area contributed by atoms with Crippen LogP contribution in [0, 0.1) is 11.6 Å². The predicted molar refractivity (Wildman–Crippen MR) is 61.4 cm³/mol. The zero-order chi connectivity index (χ0) is 12.7. The van der Waals surface area contributed by atoms with Crippen molar-refractivity contribution >= 4 is 5.91 Å². The number of rotatable bonds is 6. The monoisotopic (exact) mass is 242 g/mol. The summed E-state index contributed by atoms with van der Waals surface area (Å²) < 4.78 is 25.5. The number of carbonyl (C=O) groups is 1. The minimum Gasteiger partial charge on any atom is -0.356 e. The van der Waals surface area contributed by atoms with Crippen molar-refractivity contribution in [1.82, 2.24) is 5.32 Å². The Labute approximate surface area is 99.0 Å². The van der Waals surface area contributed by atoms with Gasteiger partial charge in [0.1, 0.15) is 0 Å². The molecule has 0 atom stereocenters. The van der Waals surface area contributed by atoms with Gasteiger partial charge in [0.15, 0.2) is 11.6 Å². The fraction of sp³-hybridized carbons (Fsp3) is 0.417. The average molecular weight is 242 g/mol. The van der Waals surface area contributed by atoms with Crippen molar-refractivity contribution in [3.05, 3.63) is 35.4 Å². The lowest BCUT2D eigenvalue weighted by molar-refractivity contribution is -0.121. The molecule has 0 unspecified atom stereocenters. The SMILES string of the molecule is NCCCC(=O)NCCc1ccc(F)c(F)c1. The number of carbonyl (C=O) groups excluding carboxylic acids is 1. The molecule has 94 valence electrons. The Hall–Kier alpha value is -1.49. The van der Waals surface area contributed by atoms with E-state index in [1.807, 2.05) is 0 Å². The zero-order valence-electron chi connectivity index (χ0n) is 9.51. The van der Waals surface area contributed by atoms with E-state index in [0.717, 1.165) is 12.1 Å². The Bertz CT molecular complexity index is 383. The van der Waals surface area contributed by atoms with Crippen LogP contribution in [0.1, 0.15) is 18.4 Å². The lowest BCUT2D eigenvalue weighted by Gasteiger charge is -2.05. The molecule has 0 aliphatic rings. The highest BCUT2D eigenvalue weighted by molar-refractivity contribution is 5.75. The van der Waals surface area contributed by atoms with E-state index in [4.69, 9.17) is 5.73 Å². The van der Waals surface area contributed by atoms with Gasteiger partial charge in [0.05, 0.1) is 0 Å². The molecule has 1 rings (SSSR count). The maximum Gasteiger partial charge on any atom is 0.220 e. The van der Waals surface area contributed by atoms with Gasteiger partial charge in [-0.25, -0.2) is 8.78 Å². The Kier molecular flexibility index (Phi) is 5.56. The molecule has 1 amide bonds. The minimum absolute atomic E-state index is 0.0713. The van der Waals surface area contributed by atoms with E-state index in [0.29, 0.717) is 37.9 Å². The van der Waals surface area contributed by atoms with E-state index in [2.05, 4.69) is 5.32 Å². The number of nitrogens with two attached hydrogens (primary N) is 1. The van der Waals surface area contributed by atoms with Gasteiger partial charge in [0.25, 0.3) is 0 Å². The third kappa shape index (κ3) is 4.91.